The molecule has 0 spiro atoms. The molecule has 0 atom stereocenters. The van der Waals surface area contributed by atoms with Gasteiger partial charge in [-0.1, -0.05) is 32.9 Å². The topological polar surface area (TPSA) is 55.8 Å². The zero-order valence-electron chi connectivity index (χ0n) is 13.4. The molecule has 0 saturated heterocycles. The lowest BCUT2D eigenvalue weighted by Gasteiger charge is -2.21. The number of phenols is 1. The summed E-state index contributed by atoms with van der Waals surface area (Å²) >= 11 is 0. The van der Waals surface area contributed by atoms with Crippen molar-refractivity contribution in [1.82, 2.24) is 0 Å². The minimum atomic E-state index is -0.222. The molecule has 0 radical (unpaired) electrons. The maximum absolute atomic E-state index is 11.6. The van der Waals surface area contributed by atoms with Gasteiger partial charge in [-0.15, -0.1) is 0 Å². The van der Waals surface area contributed by atoms with E-state index in [2.05, 4.69) is 0 Å². The fourth-order valence-electron chi connectivity index (χ4n) is 2.02. The number of benzene rings is 1. The maximum atomic E-state index is 11.6. The molecule has 1 aromatic carbocycles. The number of ether oxygens (including phenoxy) is 2. The quantitative estimate of drug-likeness (QED) is 0.620. The van der Waals surface area contributed by atoms with Gasteiger partial charge in [-0.2, -0.15) is 0 Å². The highest BCUT2D eigenvalue weighted by atomic mass is 16.6. The molecule has 1 aromatic rings. The Morgan fingerprint density at radius 2 is 1.95 bits per heavy atom. The van der Waals surface area contributed by atoms with E-state index in [1.54, 1.807) is 6.07 Å². The van der Waals surface area contributed by atoms with Crippen LogP contribution >= 0.6 is 0 Å². The molecule has 4 heteroatoms. The fraction of sp³-hybridized carbons (Fsp3) is 0.588. The molecule has 0 bridgehead atoms. The van der Waals surface area contributed by atoms with Crippen LogP contribution in [0.3, 0.4) is 0 Å². The number of rotatable bonds is 7. The highest BCUT2D eigenvalue weighted by Crippen LogP contribution is 2.31. The first-order valence-electron chi connectivity index (χ1n) is 7.40. The number of carbonyl (C=O) groups is 1. The number of hydrogen-bond acceptors (Lipinski definition) is 4. The lowest BCUT2D eigenvalue weighted by atomic mass is 9.85. The van der Waals surface area contributed by atoms with E-state index in [1.807, 2.05) is 39.8 Å². The second-order valence-electron chi connectivity index (χ2n) is 6.02. The second kappa shape index (κ2) is 8.03. The van der Waals surface area contributed by atoms with Crippen LogP contribution in [0.4, 0.5) is 0 Å². The van der Waals surface area contributed by atoms with Gasteiger partial charge in [0.15, 0.2) is 0 Å². The standard InChI is InChI=1S/C17H26O4/c1-5-20-10-11-21-16(19)9-7-13-6-8-15(18)14(12-13)17(2,3)4/h6,8,12,18H,5,7,9-11H2,1-4H3. The summed E-state index contributed by atoms with van der Waals surface area (Å²) in [6, 6.07) is 5.50. The molecule has 0 unspecified atom stereocenters. The summed E-state index contributed by atoms with van der Waals surface area (Å²) in [5.41, 5.74) is 1.79. The van der Waals surface area contributed by atoms with Crippen LogP contribution in [0.25, 0.3) is 0 Å². The first-order valence-corrected chi connectivity index (χ1v) is 7.40. The van der Waals surface area contributed by atoms with Gasteiger partial charge in [0.25, 0.3) is 0 Å². The zero-order chi connectivity index (χ0) is 15.9. The molecule has 1 N–H and O–H groups in total. The Kier molecular flexibility index (Phi) is 6.69. The van der Waals surface area contributed by atoms with E-state index in [1.165, 1.54) is 0 Å². The van der Waals surface area contributed by atoms with Gasteiger partial charge in [0, 0.05) is 13.0 Å². The SMILES string of the molecule is CCOCCOC(=O)CCc1ccc(O)c(C(C)(C)C)c1. The van der Waals surface area contributed by atoms with E-state index in [4.69, 9.17) is 9.47 Å². The van der Waals surface area contributed by atoms with Gasteiger partial charge in [-0.25, -0.2) is 0 Å². The molecule has 4 nitrogen and oxygen atoms in total. The smallest absolute Gasteiger partial charge is 0.306 e. The van der Waals surface area contributed by atoms with Gasteiger partial charge < -0.3 is 14.6 Å². The highest BCUT2D eigenvalue weighted by Gasteiger charge is 2.18. The molecule has 118 valence electrons. The molecule has 0 amide bonds. The summed E-state index contributed by atoms with van der Waals surface area (Å²) in [7, 11) is 0. The fourth-order valence-corrected chi connectivity index (χ4v) is 2.02. The van der Waals surface area contributed by atoms with E-state index in [0.29, 0.717) is 38.4 Å². The van der Waals surface area contributed by atoms with Gasteiger partial charge in [0.1, 0.15) is 12.4 Å². The van der Waals surface area contributed by atoms with E-state index in [0.717, 1.165) is 11.1 Å². The summed E-state index contributed by atoms with van der Waals surface area (Å²) in [5.74, 6) is 0.0747. The third-order valence-corrected chi connectivity index (χ3v) is 3.18. The van der Waals surface area contributed by atoms with Crippen LogP contribution in [0.1, 0.15) is 45.2 Å². The monoisotopic (exact) mass is 294 g/mol. The van der Waals surface area contributed by atoms with Crippen molar-refractivity contribution in [3.05, 3.63) is 29.3 Å². The van der Waals surface area contributed by atoms with Gasteiger partial charge >= 0.3 is 5.97 Å². The van der Waals surface area contributed by atoms with E-state index in [9.17, 15) is 9.90 Å². The van der Waals surface area contributed by atoms with Crippen molar-refractivity contribution in [3.63, 3.8) is 0 Å². The molecule has 21 heavy (non-hydrogen) atoms. The lowest BCUT2D eigenvalue weighted by molar-refractivity contribution is -0.145. The minimum absolute atomic E-state index is 0.127. The van der Waals surface area contributed by atoms with Crippen LogP contribution in [0.15, 0.2) is 18.2 Å². The number of phenolic OH excluding ortho intramolecular Hbond substituents is 1. The number of carbonyl (C=O) groups excluding carboxylic acids is 1. The molecule has 0 aromatic heterocycles. The Morgan fingerprint density at radius 1 is 1.24 bits per heavy atom. The third kappa shape index (κ3) is 6.17. The van der Waals surface area contributed by atoms with Crippen LogP contribution < -0.4 is 0 Å². The van der Waals surface area contributed by atoms with Crippen LogP contribution in [0.2, 0.25) is 0 Å². The molecule has 1 rings (SSSR count). The average molecular weight is 294 g/mol. The minimum Gasteiger partial charge on any atom is -0.508 e. The number of esters is 1. The van der Waals surface area contributed by atoms with Gasteiger partial charge in [0.2, 0.25) is 0 Å². The predicted molar refractivity (Wildman–Crippen MR) is 82.6 cm³/mol. The Balaban J connectivity index is 2.51. The van der Waals surface area contributed by atoms with Crippen molar-refractivity contribution in [2.75, 3.05) is 19.8 Å². The van der Waals surface area contributed by atoms with Crippen LogP contribution in [0.5, 0.6) is 5.75 Å². The van der Waals surface area contributed by atoms with Crippen molar-refractivity contribution >= 4 is 5.97 Å². The Hall–Kier alpha value is -1.55. The molecule has 0 aliphatic carbocycles. The van der Waals surface area contributed by atoms with Crippen LogP contribution in [-0.4, -0.2) is 30.9 Å². The van der Waals surface area contributed by atoms with Crippen LogP contribution in [-0.2, 0) is 26.1 Å². The highest BCUT2D eigenvalue weighted by molar-refractivity contribution is 5.69. The maximum Gasteiger partial charge on any atom is 0.306 e. The van der Waals surface area contributed by atoms with Crippen molar-refractivity contribution in [1.29, 1.82) is 0 Å². The largest absolute Gasteiger partial charge is 0.508 e. The first-order chi connectivity index (χ1) is 9.84. The second-order valence-corrected chi connectivity index (χ2v) is 6.02. The molecule has 0 fully saturated rings. The van der Waals surface area contributed by atoms with Gasteiger partial charge in [0.05, 0.1) is 6.61 Å². The van der Waals surface area contributed by atoms with Gasteiger partial charge in [-0.3, -0.25) is 4.79 Å². The van der Waals surface area contributed by atoms with Crippen molar-refractivity contribution in [2.45, 2.75) is 46.0 Å². The number of aromatic hydroxyl groups is 1. The van der Waals surface area contributed by atoms with Crippen molar-refractivity contribution in [2.24, 2.45) is 0 Å². The number of aryl methyl sites for hydroxylation is 1. The Labute approximate surface area is 127 Å². The van der Waals surface area contributed by atoms with E-state index >= 15 is 0 Å². The summed E-state index contributed by atoms with van der Waals surface area (Å²) in [5, 5.41) is 9.91. The van der Waals surface area contributed by atoms with Crippen molar-refractivity contribution < 1.29 is 19.4 Å². The third-order valence-electron chi connectivity index (χ3n) is 3.18. The number of hydrogen-bond donors (Lipinski definition) is 1. The molecular formula is C17H26O4. The summed E-state index contributed by atoms with van der Waals surface area (Å²) in [4.78, 5) is 11.6. The summed E-state index contributed by atoms with van der Waals surface area (Å²) < 4.78 is 10.2. The van der Waals surface area contributed by atoms with E-state index in [-0.39, 0.29) is 11.4 Å². The van der Waals surface area contributed by atoms with Crippen LogP contribution in [0, 0.1) is 0 Å². The Morgan fingerprint density at radius 3 is 2.57 bits per heavy atom. The molecular weight excluding hydrogens is 268 g/mol. The summed E-state index contributed by atoms with van der Waals surface area (Å²) in [6.45, 7) is 9.42. The lowest BCUT2D eigenvalue weighted by Crippen LogP contribution is -2.13. The molecule has 0 saturated carbocycles. The first kappa shape index (κ1) is 17.5. The zero-order valence-corrected chi connectivity index (χ0v) is 13.4. The molecule has 0 aliphatic heterocycles. The summed E-state index contributed by atoms with van der Waals surface area (Å²) in [6.07, 6.45) is 0.942. The Bertz CT molecular complexity index is 460. The normalized spacial score (nSPS) is 11.4. The van der Waals surface area contributed by atoms with Crippen molar-refractivity contribution in [3.8, 4) is 5.75 Å². The molecule has 0 aliphatic rings. The average Bonchev–Trinajstić information content (AvgIpc) is 2.41. The molecule has 0 heterocycles. The van der Waals surface area contributed by atoms with Gasteiger partial charge in [-0.05, 0) is 36.0 Å². The van der Waals surface area contributed by atoms with E-state index < -0.39 is 0 Å². The predicted octanol–water partition coefficient (Wildman–Crippen LogP) is 3.20.